The highest BCUT2D eigenvalue weighted by Gasteiger charge is 2.31. The SMILES string of the molecule is CC(C)(C)CC(c1ccccc1O)C(C)(C)C. The van der Waals surface area contributed by atoms with Crippen molar-refractivity contribution in [2.45, 2.75) is 53.9 Å². The molecule has 0 heterocycles. The lowest BCUT2D eigenvalue weighted by Gasteiger charge is -2.36. The van der Waals surface area contributed by atoms with Gasteiger partial charge in [-0.1, -0.05) is 59.7 Å². The van der Waals surface area contributed by atoms with Crippen LogP contribution in [0.4, 0.5) is 0 Å². The first-order chi connectivity index (χ1) is 7.61. The largest absolute Gasteiger partial charge is 0.508 e. The van der Waals surface area contributed by atoms with Crippen LogP contribution in [0.2, 0.25) is 0 Å². The molecule has 0 spiro atoms. The molecule has 0 fully saturated rings. The molecule has 0 aliphatic carbocycles. The van der Waals surface area contributed by atoms with Crippen LogP contribution in [0.15, 0.2) is 24.3 Å². The van der Waals surface area contributed by atoms with E-state index < -0.39 is 0 Å². The quantitative estimate of drug-likeness (QED) is 0.767. The van der Waals surface area contributed by atoms with Gasteiger partial charge >= 0.3 is 0 Å². The minimum absolute atomic E-state index is 0.159. The van der Waals surface area contributed by atoms with Crippen LogP contribution in [-0.2, 0) is 0 Å². The Morgan fingerprint density at radius 3 is 1.94 bits per heavy atom. The predicted molar refractivity (Wildman–Crippen MR) is 74.4 cm³/mol. The van der Waals surface area contributed by atoms with Crippen LogP contribution in [0, 0.1) is 10.8 Å². The lowest BCUT2D eigenvalue weighted by Crippen LogP contribution is -2.23. The summed E-state index contributed by atoms with van der Waals surface area (Å²) < 4.78 is 0. The summed E-state index contributed by atoms with van der Waals surface area (Å²) >= 11 is 0. The Balaban J connectivity index is 3.13. The third-order valence-corrected chi connectivity index (χ3v) is 3.17. The van der Waals surface area contributed by atoms with E-state index >= 15 is 0 Å². The maximum Gasteiger partial charge on any atom is 0.119 e. The highest BCUT2D eigenvalue weighted by atomic mass is 16.3. The normalized spacial score (nSPS) is 14.7. The highest BCUT2D eigenvalue weighted by molar-refractivity contribution is 5.36. The van der Waals surface area contributed by atoms with E-state index in [1.807, 2.05) is 12.1 Å². The molecule has 0 aliphatic rings. The summed E-state index contributed by atoms with van der Waals surface area (Å²) in [4.78, 5) is 0. The molecule has 1 unspecified atom stereocenters. The van der Waals surface area contributed by atoms with Gasteiger partial charge in [0.05, 0.1) is 0 Å². The molecule has 0 aliphatic heterocycles. The Hall–Kier alpha value is -0.980. The lowest BCUT2D eigenvalue weighted by molar-refractivity contribution is 0.225. The lowest BCUT2D eigenvalue weighted by atomic mass is 9.69. The van der Waals surface area contributed by atoms with Gasteiger partial charge in [0.15, 0.2) is 0 Å². The van der Waals surface area contributed by atoms with Crippen molar-refractivity contribution in [3.63, 3.8) is 0 Å². The molecule has 0 aromatic heterocycles. The summed E-state index contributed by atoms with van der Waals surface area (Å²) in [7, 11) is 0. The molecule has 1 nitrogen and oxygen atoms in total. The molecule has 0 radical (unpaired) electrons. The van der Waals surface area contributed by atoms with Gasteiger partial charge < -0.3 is 5.11 Å². The van der Waals surface area contributed by atoms with E-state index in [0.717, 1.165) is 12.0 Å². The van der Waals surface area contributed by atoms with Crippen LogP contribution in [0.1, 0.15) is 59.4 Å². The number of phenols is 1. The zero-order chi connectivity index (χ0) is 13.3. The Bertz CT molecular complexity index is 366. The summed E-state index contributed by atoms with van der Waals surface area (Å²) in [6, 6.07) is 7.74. The standard InChI is InChI=1S/C16H26O/c1-15(2,3)11-13(16(4,5)6)12-9-7-8-10-14(12)17/h7-10,13,17H,11H2,1-6H3. The topological polar surface area (TPSA) is 20.2 Å². The first-order valence-electron chi connectivity index (χ1n) is 6.39. The van der Waals surface area contributed by atoms with Gasteiger partial charge in [0.2, 0.25) is 0 Å². The third-order valence-electron chi connectivity index (χ3n) is 3.17. The van der Waals surface area contributed by atoms with Gasteiger partial charge in [0.25, 0.3) is 0 Å². The summed E-state index contributed by atoms with van der Waals surface area (Å²) in [5.74, 6) is 0.806. The van der Waals surface area contributed by atoms with Gasteiger partial charge in [0, 0.05) is 0 Å². The van der Waals surface area contributed by atoms with Crippen molar-refractivity contribution >= 4 is 0 Å². The molecule has 0 saturated heterocycles. The Kier molecular flexibility index (Phi) is 3.91. The van der Waals surface area contributed by atoms with Gasteiger partial charge in [-0.3, -0.25) is 0 Å². The monoisotopic (exact) mass is 234 g/mol. The van der Waals surface area contributed by atoms with Gasteiger partial charge in [-0.2, -0.15) is 0 Å². The highest BCUT2D eigenvalue weighted by Crippen LogP contribution is 2.45. The Morgan fingerprint density at radius 2 is 1.53 bits per heavy atom. The summed E-state index contributed by atoms with van der Waals surface area (Å²) in [5.41, 5.74) is 1.50. The van der Waals surface area contributed by atoms with Crippen LogP contribution in [-0.4, -0.2) is 5.11 Å². The van der Waals surface area contributed by atoms with E-state index in [0.29, 0.717) is 11.7 Å². The Labute approximate surface area is 106 Å². The van der Waals surface area contributed by atoms with Gasteiger partial charge in [-0.05, 0) is 34.8 Å². The number of rotatable bonds is 2. The fourth-order valence-electron chi connectivity index (χ4n) is 2.28. The first-order valence-corrected chi connectivity index (χ1v) is 6.39. The van der Waals surface area contributed by atoms with Crippen molar-refractivity contribution in [1.29, 1.82) is 0 Å². The van der Waals surface area contributed by atoms with E-state index in [1.54, 1.807) is 6.07 Å². The predicted octanol–water partition coefficient (Wildman–Crippen LogP) is 4.96. The second kappa shape index (κ2) is 4.72. The Morgan fingerprint density at radius 1 is 1.00 bits per heavy atom. The number of phenolic OH excluding ortho intramolecular Hbond substituents is 1. The molecule has 0 amide bonds. The van der Waals surface area contributed by atoms with Crippen molar-refractivity contribution in [3.05, 3.63) is 29.8 Å². The van der Waals surface area contributed by atoms with Crippen molar-refractivity contribution in [2.75, 3.05) is 0 Å². The van der Waals surface area contributed by atoms with Crippen LogP contribution in [0.5, 0.6) is 5.75 Å². The molecular weight excluding hydrogens is 208 g/mol. The molecule has 17 heavy (non-hydrogen) atoms. The number of hydrogen-bond donors (Lipinski definition) is 1. The zero-order valence-corrected chi connectivity index (χ0v) is 12.0. The zero-order valence-electron chi connectivity index (χ0n) is 12.0. The molecule has 1 atom stereocenters. The van der Waals surface area contributed by atoms with E-state index in [1.165, 1.54) is 0 Å². The first kappa shape index (κ1) is 14.1. The second-order valence-electron chi connectivity index (χ2n) is 7.24. The maximum atomic E-state index is 10.0. The molecule has 0 saturated carbocycles. The van der Waals surface area contributed by atoms with Crippen LogP contribution >= 0.6 is 0 Å². The average molecular weight is 234 g/mol. The minimum Gasteiger partial charge on any atom is -0.508 e. The summed E-state index contributed by atoms with van der Waals surface area (Å²) in [6.45, 7) is 13.5. The molecule has 96 valence electrons. The van der Waals surface area contributed by atoms with E-state index in [9.17, 15) is 5.11 Å². The molecule has 1 aromatic carbocycles. The maximum absolute atomic E-state index is 10.0. The third kappa shape index (κ3) is 4.07. The van der Waals surface area contributed by atoms with E-state index in [4.69, 9.17) is 0 Å². The van der Waals surface area contributed by atoms with Crippen LogP contribution < -0.4 is 0 Å². The fourth-order valence-corrected chi connectivity index (χ4v) is 2.28. The minimum atomic E-state index is 0.159. The molecule has 1 rings (SSSR count). The number of aromatic hydroxyl groups is 1. The van der Waals surface area contributed by atoms with Crippen molar-refractivity contribution in [3.8, 4) is 5.75 Å². The number of hydrogen-bond acceptors (Lipinski definition) is 1. The second-order valence-corrected chi connectivity index (χ2v) is 7.24. The number of para-hydroxylation sites is 1. The van der Waals surface area contributed by atoms with Crippen molar-refractivity contribution in [2.24, 2.45) is 10.8 Å². The molecule has 1 aromatic rings. The smallest absolute Gasteiger partial charge is 0.119 e. The van der Waals surface area contributed by atoms with Crippen molar-refractivity contribution < 1.29 is 5.11 Å². The molecule has 0 bridgehead atoms. The summed E-state index contributed by atoms with van der Waals surface area (Å²) in [5, 5.41) is 10.0. The van der Waals surface area contributed by atoms with Gasteiger partial charge in [-0.15, -0.1) is 0 Å². The molecular formula is C16H26O. The molecule has 1 N–H and O–H groups in total. The molecule has 1 heteroatoms. The van der Waals surface area contributed by atoms with Gasteiger partial charge in [-0.25, -0.2) is 0 Å². The van der Waals surface area contributed by atoms with Crippen LogP contribution in [0.3, 0.4) is 0 Å². The van der Waals surface area contributed by atoms with E-state index in [2.05, 4.69) is 47.6 Å². The fraction of sp³-hybridized carbons (Fsp3) is 0.625. The number of benzene rings is 1. The van der Waals surface area contributed by atoms with E-state index in [-0.39, 0.29) is 10.8 Å². The van der Waals surface area contributed by atoms with Gasteiger partial charge in [0.1, 0.15) is 5.75 Å². The summed E-state index contributed by atoms with van der Waals surface area (Å²) in [6.07, 6.45) is 1.08. The van der Waals surface area contributed by atoms with Crippen LogP contribution in [0.25, 0.3) is 0 Å². The van der Waals surface area contributed by atoms with Crippen molar-refractivity contribution in [1.82, 2.24) is 0 Å². The average Bonchev–Trinajstić information content (AvgIpc) is 2.12.